The topological polar surface area (TPSA) is 57.7 Å². The summed E-state index contributed by atoms with van der Waals surface area (Å²) in [6, 6.07) is 10.0. The van der Waals surface area contributed by atoms with Gasteiger partial charge in [0.1, 0.15) is 5.82 Å². The van der Waals surface area contributed by atoms with Gasteiger partial charge in [-0.2, -0.15) is 0 Å². The van der Waals surface area contributed by atoms with E-state index in [9.17, 15) is 0 Å². The second kappa shape index (κ2) is 5.16. The molecule has 0 bridgehead atoms. The fourth-order valence-electron chi connectivity index (χ4n) is 3.00. The van der Waals surface area contributed by atoms with E-state index in [1.807, 2.05) is 18.2 Å². The van der Waals surface area contributed by atoms with E-state index in [0.717, 1.165) is 48.7 Å². The van der Waals surface area contributed by atoms with Gasteiger partial charge in [-0.3, -0.25) is 0 Å². The summed E-state index contributed by atoms with van der Waals surface area (Å²) in [6.45, 7) is 1.94. The molecular weight excluding hydrogens is 262 g/mol. The van der Waals surface area contributed by atoms with Crippen molar-refractivity contribution in [2.24, 2.45) is 0 Å². The minimum Gasteiger partial charge on any atom is -0.342 e. The number of hydrogen-bond acceptors (Lipinski definition) is 4. The first-order valence-electron chi connectivity index (χ1n) is 7.37. The van der Waals surface area contributed by atoms with Crippen molar-refractivity contribution in [1.82, 2.24) is 19.9 Å². The molecule has 0 amide bonds. The fourth-order valence-corrected chi connectivity index (χ4v) is 3.00. The first-order valence-corrected chi connectivity index (χ1v) is 7.37. The highest BCUT2D eigenvalue weighted by Crippen LogP contribution is 2.28. The molecule has 1 aliphatic rings. The summed E-state index contributed by atoms with van der Waals surface area (Å²) in [5.74, 6) is 2.31. The second-order valence-corrected chi connectivity index (χ2v) is 5.47. The number of H-pyrrole nitrogens is 1. The van der Waals surface area contributed by atoms with Crippen LogP contribution in [-0.4, -0.2) is 33.0 Å². The molecule has 0 radical (unpaired) electrons. The molecule has 5 heteroatoms. The van der Waals surface area contributed by atoms with Crippen LogP contribution in [0.15, 0.2) is 42.7 Å². The molecule has 1 N–H and O–H groups in total. The lowest BCUT2D eigenvalue weighted by Crippen LogP contribution is -2.35. The molecule has 1 atom stereocenters. The van der Waals surface area contributed by atoms with Crippen molar-refractivity contribution in [3.05, 3.63) is 48.5 Å². The molecule has 0 aliphatic carbocycles. The zero-order chi connectivity index (χ0) is 14.1. The maximum absolute atomic E-state index is 4.74. The number of imidazole rings is 1. The number of fused-ring (bicyclic) bond motifs is 1. The van der Waals surface area contributed by atoms with Crippen LogP contribution in [0.5, 0.6) is 0 Å². The average Bonchev–Trinajstić information content (AvgIpc) is 3.00. The monoisotopic (exact) mass is 279 g/mol. The lowest BCUT2D eigenvalue weighted by Gasteiger charge is -2.31. The molecule has 21 heavy (non-hydrogen) atoms. The van der Waals surface area contributed by atoms with E-state index in [1.165, 1.54) is 0 Å². The molecule has 1 unspecified atom stereocenters. The summed E-state index contributed by atoms with van der Waals surface area (Å²) >= 11 is 0. The molecule has 3 heterocycles. The largest absolute Gasteiger partial charge is 0.342 e. The average molecular weight is 279 g/mol. The number of anilines is 1. The van der Waals surface area contributed by atoms with Crippen molar-refractivity contribution in [1.29, 1.82) is 0 Å². The van der Waals surface area contributed by atoms with Crippen molar-refractivity contribution in [3.8, 4) is 0 Å². The molecule has 1 aromatic carbocycles. The number of para-hydroxylation sites is 2. The maximum atomic E-state index is 4.74. The van der Waals surface area contributed by atoms with Gasteiger partial charge in [0.15, 0.2) is 0 Å². The van der Waals surface area contributed by atoms with Crippen LogP contribution >= 0.6 is 0 Å². The first kappa shape index (κ1) is 12.3. The lowest BCUT2D eigenvalue weighted by atomic mass is 9.98. The van der Waals surface area contributed by atoms with E-state index < -0.39 is 0 Å². The van der Waals surface area contributed by atoms with Crippen molar-refractivity contribution in [2.75, 3.05) is 18.0 Å². The second-order valence-electron chi connectivity index (χ2n) is 5.47. The van der Waals surface area contributed by atoms with Crippen molar-refractivity contribution >= 4 is 17.0 Å². The maximum Gasteiger partial charge on any atom is 0.225 e. The molecule has 3 aromatic rings. The smallest absolute Gasteiger partial charge is 0.225 e. The summed E-state index contributed by atoms with van der Waals surface area (Å²) < 4.78 is 0. The molecule has 1 fully saturated rings. The number of rotatable bonds is 2. The number of nitrogens with one attached hydrogen (secondary N) is 1. The Labute approximate surface area is 123 Å². The number of hydrogen-bond donors (Lipinski definition) is 1. The highest BCUT2D eigenvalue weighted by Gasteiger charge is 2.25. The number of aromatic nitrogens is 4. The van der Waals surface area contributed by atoms with E-state index in [2.05, 4.69) is 32.0 Å². The van der Waals surface area contributed by atoms with Crippen molar-refractivity contribution in [3.63, 3.8) is 0 Å². The molecule has 5 nitrogen and oxygen atoms in total. The molecule has 2 aromatic heterocycles. The minimum atomic E-state index is 0.412. The number of nitrogens with zero attached hydrogens (tertiary/aromatic N) is 4. The minimum absolute atomic E-state index is 0.412. The molecule has 0 spiro atoms. The van der Waals surface area contributed by atoms with Gasteiger partial charge < -0.3 is 9.88 Å². The number of aromatic amines is 1. The Morgan fingerprint density at radius 2 is 1.95 bits per heavy atom. The van der Waals surface area contributed by atoms with Crippen molar-refractivity contribution in [2.45, 2.75) is 18.8 Å². The zero-order valence-corrected chi connectivity index (χ0v) is 11.7. The normalized spacial score (nSPS) is 19.0. The number of piperidine rings is 1. The lowest BCUT2D eigenvalue weighted by molar-refractivity contribution is 0.489. The van der Waals surface area contributed by atoms with Crippen LogP contribution in [0.3, 0.4) is 0 Å². The SMILES string of the molecule is c1cnc(N2CCCC(c3nc4ccccc4[nH]3)C2)nc1. The van der Waals surface area contributed by atoms with Crippen LogP contribution in [0, 0.1) is 0 Å². The fraction of sp³-hybridized carbons (Fsp3) is 0.312. The Bertz CT molecular complexity index is 704. The molecule has 1 saturated heterocycles. The van der Waals surface area contributed by atoms with Crippen LogP contribution < -0.4 is 4.90 Å². The molecule has 4 rings (SSSR count). The summed E-state index contributed by atoms with van der Waals surface area (Å²) in [6.07, 6.45) is 5.89. The van der Waals surface area contributed by atoms with Gasteiger partial charge >= 0.3 is 0 Å². The van der Waals surface area contributed by atoms with Gasteiger partial charge in [-0.1, -0.05) is 12.1 Å². The van der Waals surface area contributed by atoms with E-state index in [0.29, 0.717) is 5.92 Å². The molecule has 1 aliphatic heterocycles. The predicted octanol–water partition coefficient (Wildman–Crippen LogP) is 2.74. The van der Waals surface area contributed by atoms with Gasteiger partial charge in [0, 0.05) is 31.4 Å². The quantitative estimate of drug-likeness (QED) is 0.783. The Kier molecular flexibility index (Phi) is 3.03. The first-order chi connectivity index (χ1) is 10.4. The van der Waals surface area contributed by atoms with Crippen LogP contribution in [0.2, 0.25) is 0 Å². The van der Waals surface area contributed by atoms with Crippen LogP contribution in [0.1, 0.15) is 24.6 Å². The van der Waals surface area contributed by atoms with Gasteiger partial charge in [-0.05, 0) is 31.0 Å². The standard InChI is InChI=1S/C16H17N5/c1-2-7-14-13(6-1)19-15(20-14)12-5-3-10-21(11-12)16-17-8-4-9-18-16/h1-2,4,6-9,12H,3,5,10-11H2,(H,19,20). The zero-order valence-electron chi connectivity index (χ0n) is 11.7. The summed E-state index contributed by atoms with van der Waals surface area (Å²) in [4.78, 5) is 19.2. The van der Waals surface area contributed by atoms with E-state index >= 15 is 0 Å². The Morgan fingerprint density at radius 3 is 2.81 bits per heavy atom. The van der Waals surface area contributed by atoms with Crippen LogP contribution in [0.25, 0.3) is 11.0 Å². The highest BCUT2D eigenvalue weighted by molar-refractivity contribution is 5.74. The third-order valence-electron chi connectivity index (χ3n) is 4.05. The number of benzene rings is 1. The van der Waals surface area contributed by atoms with Crippen molar-refractivity contribution < 1.29 is 0 Å². The van der Waals surface area contributed by atoms with Gasteiger partial charge in [-0.15, -0.1) is 0 Å². The third-order valence-corrected chi connectivity index (χ3v) is 4.05. The van der Waals surface area contributed by atoms with Gasteiger partial charge in [-0.25, -0.2) is 15.0 Å². The van der Waals surface area contributed by atoms with Crippen LogP contribution in [-0.2, 0) is 0 Å². The predicted molar refractivity (Wildman–Crippen MR) is 82.3 cm³/mol. The molecule has 106 valence electrons. The van der Waals surface area contributed by atoms with E-state index in [1.54, 1.807) is 12.4 Å². The summed E-state index contributed by atoms with van der Waals surface area (Å²) in [7, 11) is 0. The summed E-state index contributed by atoms with van der Waals surface area (Å²) in [5, 5.41) is 0. The molecular formula is C16H17N5. The van der Waals surface area contributed by atoms with E-state index in [4.69, 9.17) is 4.98 Å². The summed E-state index contributed by atoms with van der Waals surface area (Å²) in [5.41, 5.74) is 2.15. The molecule has 0 saturated carbocycles. The van der Waals surface area contributed by atoms with Crippen LogP contribution in [0.4, 0.5) is 5.95 Å². The third kappa shape index (κ3) is 2.35. The van der Waals surface area contributed by atoms with Gasteiger partial charge in [0.05, 0.1) is 11.0 Å². The van der Waals surface area contributed by atoms with E-state index in [-0.39, 0.29) is 0 Å². The van der Waals surface area contributed by atoms with Gasteiger partial charge in [0.25, 0.3) is 0 Å². The Morgan fingerprint density at radius 1 is 1.10 bits per heavy atom. The van der Waals surface area contributed by atoms with Gasteiger partial charge in [0.2, 0.25) is 5.95 Å². The Balaban J connectivity index is 1.60. The highest BCUT2D eigenvalue weighted by atomic mass is 15.3. The Hall–Kier alpha value is -2.43.